The summed E-state index contributed by atoms with van der Waals surface area (Å²) in [5.74, 6) is -0.610. The highest BCUT2D eigenvalue weighted by Crippen LogP contribution is 2.35. The van der Waals surface area contributed by atoms with Crippen LogP contribution in [0, 0.1) is 11.8 Å². The van der Waals surface area contributed by atoms with Crippen molar-refractivity contribution in [1.82, 2.24) is 25.1 Å². The molecule has 3 aromatic rings. The molecule has 1 aromatic heterocycles. The van der Waals surface area contributed by atoms with E-state index in [9.17, 15) is 14.4 Å². The van der Waals surface area contributed by atoms with Gasteiger partial charge < -0.3 is 20.1 Å². The number of hydrogen-bond acceptors (Lipinski definition) is 4. The van der Waals surface area contributed by atoms with Gasteiger partial charge in [-0.1, -0.05) is 50.2 Å². The number of piperazine rings is 1. The largest absolute Gasteiger partial charge is 0.349 e. The van der Waals surface area contributed by atoms with E-state index >= 15 is 0 Å². The lowest BCUT2D eigenvalue weighted by Gasteiger charge is -2.45. The van der Waals surface area contributed by atoms with Crippen LogP contribution in [0.4, 0.5) is 0 Å². The first-order chi connectivity index (χ1) is 19.0. The first-order valence-electron chi connectivity index (χ1n) is 14.1. The number of benzene rings is 2. The summed E-state index contributed by atoms with van der Waals surface area (Å²) in [4.78, 5) is 47.9. The zero-order valence-electron chi connectivity index (χ0n) is 23.9. The van der Waals surface area contributed by atoms with E-state index in [1.54, 1.807) is 17.4 Å². The van der Waals surface area contributed by atoms with Gasteiger partial charge in [-0.25, -0.2) is 4.98 Å². The zero-order chi connectivity index (χ0) is 28.6. The number of rotatable bonds is 7. The Morgan fingerprint density at radius 1 is 1.05 bits per heavy atom. The summed E-state index contributed by atoms with van der Waals surface area (Å²) in [6, 6.07) is 13.3. The second-order valence-corrected chi connectivity index (χ2v) is 12.5. The summed E-state index contributed by atoms with van der Waals surface area (Å²) in [5.41, 5.74) is 3.45. The lowest BCUT2D eigenvalue weighted by molar-refractivity contribution is -0.158. The van der Waals surface area contributed by atoms with Crippen LogP contribution >= 0.6 is 0 Å². The van der Waals surface area contributed by atoms with E-state index in [1.165, 1.54) is 11.1 Å². The van der Waals surface area contributed by atoms with E-state index in [1.807, 2.05) is 81.8 Å². The molecule has 1 aliphatic carbocycles. The molecule has 8 heteroatoms. The molecule has 0 saturated carbocycles. The number of carbonyl (C=O) groups excluding carboxylic acids is 3. The fourth-order valence-corrected chi connectivity index (χ4v) is 5.99. The highest BCUT2D eigenvalue weighted by atomic mass is 16.2. The van der Waals surface area contributed by atoms with Gasteiger partial charge in [0.2, 0.25) is 17.7 Å². The van der Waals surface area contributed by atoms with Crippen LogP contribution in [-0.4, -0.2) is 49.8 Å². The number of aromatic nitrogens is 2. The highest BCUT2D eigenvalue weighted by Gasteiger charge is 2.49. The van der Waals surface area contributed by atoms with Gasteiger partial charge in [0, 0.05) is 23.6 Å². The Balaban J connectivity index is 1.55. The average Bonchev–Trinajstić information content (AvgIpc) is 3.57. The van der Waals surface area contributed by atoms with Crippen LogP contribution in [0.1, 0.15) is 63.8 Å². The van der Waals surface area contributed by atoms with Crippen LogP contribution in [0.3, 0.4) is 0 Å². The minimum Gasteiger partial charge on any atom is -0.349 e. The third kappa shape index (κ3) is 5.67. The van der Waals surface area contributed by atoms with Crippen molar-refractivity contribution in [1.29, 1.82) is 0 Å². The van der Waals surface area contributed by atoms with Crippen molar-refractivity contribution in [3.05, 3.63) is 83.9 Å². The van der Waals surface area contributed by atoms with Crippen LogP contribution in [0.25, 0.3) is 5.69 Å². The smallest absolute Gasteiger partial charge is 0.247 e. The fraction of sp³-hybridized carbons (Fsp3) is 0.438. The molecule has 40 heavy (non-hydrogen) atoms. The van der Waals surface area contributed by atoms with Crippen LogP contribution in [-0.2, 0) is 27.2 Å². The Morgan fingerprint density at radius 2 is 1.70 bits per heavy atom. The minimum atomic E-state index is -0.954. The lowest BCUT2D eigenvalue weighted by Crippen LogP contribution is -2.67. The van der Waals surface area contributed by atoms with E-state index in [4.69, 9.17) is 0 Å². The van der Waals surface area contributed by atoms with Gasteiger partial charge in [-0.05, 0) is 80.7 Å². The quantitative estimate of drug-likeness (QED) is 0.473. The van der Waals surface area contributed by atoms with Crippen molar-refractivity contribution in [2.45, 2.75) is 77.5 Å². The Kier molecular flexibility index (Phi) is 7.53. The van der Waals surface area contributed by atoms with E-state index in [0.29, 0.717) is 24.8 Å². The Hall–Kier alpha value is -3.94. The Labute approximate surface area is 236 Å². The third-order valence-corrected chi connectivity index (χ3v) is 7.74. The van der Waals surface area contributed by atoms with Crippen molar-refractivity contribution in [3.63, 3.8) is 0 Å². The molecule has 2 aromatic carbocycles. The predicted molar refractivity (Wildman–Crippen MR) is 154 cm³/mol. The average molecular weight is 542 g/mol. The first-order valence-corrected chi connectivity index (χ1v) is 14.1. The molecule has 2 heterocycles. The number of nitrogens with one attached hydrogen (secondary N) is 2. The maximum absolute atomic E-state index is 14.5. The topological polar surface area (TPSA) is 96.3 Å². The van der Waals surface area contributed by atoms with Crippen molar-refractivity contribution in [2.24, 2.45) is 11.8 Å². The molecule has 8 nitrogen and oxygen atoms in total. The number of carbonyl (C=O) groups is 3. The maximum atomic E-state index is 14.5. The first kappa shape index (κ1) is 27.6. The van der Waals surface area contributed by atoms with Crippen LogP contribution < -0.4 is 10.6 Å². The molecular weight excluding hydrogens is 502 g/mol. The number of hydrogen-bond donors (Lipinski definition) is 2. The van der Waals surface area contributed by atoms with E-state index in [2.05, 4.69) is 27.8 Å². The molecular formula is C32H39N5O3. The molecule has 210 valence electrons. The summed E-state index contributed by atoms with van der Waals surface area (Å²) in [6.45, 7) is 9.80. The SMILES string of the molecule is CC(C)C[C@@H]1C(=O)NC(C2Cc3ccccc3C2)C(=O)N1[C@@H](C(=O)NC(C)(C)C)c1ccc(-n2ccnc2)cc1. The number of nitrogens with zero attached hydrogens (tertiary/aromatic N) is 3. The number of fused-ring (bicyclic) bond motifs is 1. The number of amides is 3. The van der Waals surface area contributed by atoms with Crippen molar-refractivity contribution in [2.75, 3.05) is 0 Å². The van der Waals surface area contributed by atoms with Gasteiger partial charge in [0.05, 0.1) is 6.33 Å². The van der Waals surface area contributed by atoms with Crippen LogP contribution in [0.5, 0.6) is 0 Å². The van der Waals surface area contributed by atoms with Crippen molar-refractivity contribution < 1.29 is 14.4 Å². The van der Waals surface area contributed by atoms with E-state index in [-0.39, 0.29) is 29.6 Å². The van der Waals surface area contributed by atoms with Gasteiger partial charge in [0.1, 0.15) is 18.1 Å². The normalized spacial score (nSPS) is 20.4. The van der Waals surface area contributed by atoms with Crippen LogP contribution in [0.15, 0.2) is 67.3 Å². The van der Waals surface area contributed by atoms with Crippen molar-refractivity contribution >= 4 is 17.7 Å². The highest BCUT2D eigenvalue weighted by molar-refractivity contribution is 6.00. The molecule has 1 aliphatic heterocycles. The standard InChI is InChI=1S/C32H39N5O3/c1-20(2)16-26-29(38)34-27(24-17-22-8-6-7-9-23(22)18-24)31(40)37(26)28(30(39)35-32(3,4)5)21-10-12-25(13-11-21)36-15-14-33-19-36/h6-15,19-20,24,26-28H,16-18H2,1-5H3,(H,34,38)(H,35,39)/t26-,27?,28-/m1/s1. The summed E-state index contributed by atoms with van der Waals surface area (Å²) in [7, 11) is 0. The van der Waals surface area contributed by atoms with Gasteiger partial charge in [-0.15, -0.1) is 0 Å². The summed E-state index contributed by atoms with van der Waals surface area (Å²) >= 11 is 0. The molecule has 0 radical (unpaired) electrons. The summed E-state index contributed by atoms with van der Waals surface area (Å²) < 4.78 is 1.88. The lowest BCUT2D eigenvalue weighted by atomic mass is 9.87. The number of imidazole rings is 1. The molecule has 2 N–H and O–H groups in total. The molecule has 1 unspecified atom stereocenters. The van der Waals surface area contributed by atoms with Gasteiger partial charge in [0.15, 0.2) is 0 Å². The fourth-order valence-electron chi connectivity index (χ4n) is 5.99. The molecule has 1 saturated heterocycles. The van der Waals surface area contributed by atoms with Crippen LogP contribution in [0.2, 0.25) is 0 Å². The predicted octanol–water partition coefficient (Wildman–Crippen LogP) is 3.98. The minimum absolute atomic E-state index is 0.0636. The zero-order valence-corrected chi connectivity index (χ0v) is 23.9. The third-order valence-electron chi connectivity index (χ3n) is 7.74. The van der Waals surface area contributed by atoms with Gasteiger partial charge in [-0.3, -0.25) is 14.4 Å². The summed E-state index contributed by atoms with van der Waals surface area (Å²) in [5, 5.41) is 6.16. The Morgan fingerprint density at radius 3 is 2.25 bits per heavy atom. The van der Waals surface area contributed by atoms with Gasteiger partial charge in [-0.2, -0.15) is 0 Å². The molecule has 3 atom stereocenters. The molecule has 5 rings (SSSR count). The van der Waals surface area contributed by atoms with Gasteiger partial charge >= 0.3 is 0 Å². The molecule has 1 fully saturated rings. The summed E-state index contributed by atoms with van der Waals surface area (Å²) in [6.07, 6.45) is 7.15. The monoisotopic (exact) mass is 541 g/mol. The van der Waals surface area contributed by atoms with E-state index < -0.39 is 23.7 Å². The molecule has 3 amide bonds. The second-order valence-electron chi connectivity index (χ2n) is 12.5. The maximum Gasteiger partial charge on any atom is 0.247 e. The molecule has 0 spiro atoms. The Bertz CT molecular complexity index is 1350. The molecule has 2 aliphatic rings. The molecule has 0 bridgehead atoms. The van der Waals surface area contributed by atoms with Crippen molar-refractivity contribution in [3.8, 4) is 5.69 Å². The second kappa shape index (κ2) is 10.9. The van der Waals surface area contributed by atoms with Gasteiger partial charge in [0.25, 0.3) is 0 Å². The van der Waals surface area contributed by atoms with E-state index in [0.717, 1.165) is 5.69 Å².